The summed E-state index contributed by atoms with van der Waals surface area (Å²) in [6, 6.07) is 14.6. The number of hydrogen-bond acceptors (Lipinski definition) is 4. The van der Waals surface area contributed by atoms with Crippen molar-refractivity contribution in [3.63, 3.8) is 0 Å². The lowest BCUT2D eigenvalue weighted by Gasteiger charge is -2.06. The molecule has 0 aliphatic carbocycles. The number of carbonyl (C=O) groups excluding carboxylic acids is 1. The summed E-state index contributed by atoms with van der Waals surface area (Å²) in [4.78, 5) is 24.2. The third kappa shape index (κ3) is 5.37. The van der Waals surface area contributed by atoms with Gasteiger partial charge in [0.15, 0.2) is 0 Å². The van der Waals surface area contributed by atoms with Crippen LogP contribution in [0.2, 0.25) is 5.02 Å². The van der Waals surface area contributed by atoms with Gasteiger partial charge in [-0.05, 0) is 42.7 Å². The lowest BCUT2D eigenvalue weighted by Crippen LogP contribution is -2.24. The maximum Gasteiger partial charge on any atom is 0.277 e. The number of amides is 1. The fourth-order valence-electron chi connectivity index (χ4n) is 2.78. The van der Waals surface area contributed by atoms with Crippen LogP contribution in [-0.4, -0.2) is 20.9 Å². The van der Waals surface area contributed by atoms with E-state index in [1.165, 1.54) is 4.68 Å². The Hall–Kier alpha value is -2.73. The smallest absolute Gasteiger partial charge is 0.277 e. The van der Waals surface area contributed by atoms with Crippen molar-refractivity contribution in [1.82, 2.24) is 20.3 Å². The molecule has 0 atom stereocenters. The number of hydrogen-bond donors (Lipinski definition) is 1. The van der Waals surface area contributed by atoms with Crippen molar-refractivity contribution in [2.75, 3.05) is 0 Å². The fraction of sp³-hybridized carbons (Fsp3) is 0.300. The van der Waals surface area contributed by atoms with Gasteiger partial charge in [-0.25, -0.2) is 4.68 Å². The van der Waals surface area contributed by atoms with Crippen molar-refractivity contribution < 1.29 is 4.79 Å². The Morgan fingerprint density at radius 2 is 1.81 bits per heavy atom. The average Bonchev–Trinajstić information content (AvgIpc) is 2.69. The van der Waals surface area contributed by atoms with Gasteiger partial charge in [0.25, 0.3) is 5.56 Å². The molecule has 0 radical (unpaired) electrons. The molecule has 1 heterocycles. The van der Waals surface area contributed by atoms with Crippen LogP contribution in [0.3, 0.4) is 0 Å². The first kappa shape index (κ1) is 19.0. The molecule has 6 nitrogen and oxygen atoms in total. The minimum absolute atomic E-state index is 0.0209. The summed E-state index contributed by atoms with van der Waals surface area (Å²) in [6.45, 7) is 1.00. The summed E-state index contributed by atoms with van der Waals surface area (Å²) in [5, 5.41) is 12.2. The first-order chi connectivity index (χ1) is 13.1. The van der Waals surface area contributed by atoms with Crippen LogP contribution >= 0.6 is 11.6 Å². The first-order valence-electron chi connectivity index (χ1n) is 8.97. The monoisotopic (exact) mass is 384 g/mol. The largest absolute Gasteiger partial charge is 0.352 e. The second-order valence-electron chi connectivity index (χ2n) is 6.35. The van der Waals surface area contributed by atoms with Crippen LogP contribution in [0.4, 0.5) is 0 Å². The highest BCUT2D eigenvalue weighted by Gasteiger charge is 2.05. The third-order valence-corrected chi connectivity index (χ3v) is 4.56. The Morgan fingerprint density at radius 3 is 2.63 bits per heavy atom. The molecule has 0 spiro atoms. The Morgan fingerprint density at radius 1 is 1.04 bits per heavy atom. The Balaban J connectivity index is 1.38. The molecule has 1 aromatic heterocycles. The topological polar surface area (TPSA) is 76.9 Å². The number of nitrogens with zero attached hydrogens (tertiary/aromatic N) is 3. The van der Waals surface area contributed by atoms with Crippen LogP contribution in [-0.2, 0) is 17.9 Å². The molecule has 3 aromatic rings. The molecule has 27 heavy (non-hydrogen) atoms. The molecule has 0 bridgehead atoms. The van der Waals surface area contributed by atoms with E-state index in [1.54, 1.807) is 24.3 Å². The van der Waals surface area contributed by atoms with Crippen molar-refractivity contribution >= 4 is 28.4 Å². The highest BCUT2D eigenvalue weighted by atomic mass is 35.5. The van der Waals surface area contributed by atoms with E-state index in [-0.39, 0.29) is 11.5 Å². The van der Waals surface area contributed by atoms with Gasteiger partial charge in [0.2, 0.25) is 5.91 Å². The SMILES string of the molecule is O=C(CCCCCn1nnc2ccccc2c1=O)NCc1ccc(Cl)cc1. The molecule has 0 unspecified atom stereocenters. The molecule has 7 heteroatoms. The number of aromatic nitrogens is 3. The van der Waals surface area contributed by atoms with Gasteiger partial charge in [-0.15, -0.1) is 5.10 Å². The molecule has 0 fully saturated rings. The Bertz CT molecular complexity index is 970. The number of carbonyl (C=O) groups is 1. The quantitative estimate of drug-likeness (QED) is 0.604. The van der Waals surface area contributed by atoms with E-state index in [0.717, 1.165) is 24.8 Å². The lowest BCUT2D eigenvalue weighted by molar-refractivity contribution is -0.121. The molecule has 0 saturated carbocycles. The molecule has 1 N–H and O–H groups in total. The van der Waals surface area contributed by atoms with E-state index in [9.17, 15) is 9.59 Å². The molecule has 0 saturated heterocycles. The van der Waals surface area contributed by atoms with Crippen LogP contribution in [0.15, 0.2) is 53.3 Å². The van der Waals surface area contributed by atoms with Gasteiger partial charge in [0.05, 0.1) is 5.39 Å². The van der Waals surface area contributed by atoms with E-state index in [0.29, 0.717) is 35.4 Å². The minimum atomic E-state index is -0.124. The normalized spacial score (nSPS) is 10.9. The van der Waals surface area contributed by atoms with E-state index in [2.05, 4.69) is 15.6 Å². The van der Waals surface area contributed by atoms with Crippen molar-refractivity contribution in [3.05, 3.63) is 69.5 Å². The number of aryl methyl sites for hydroxylation is 1. The Labute approximate surface area is 162 Å². The van der Waals surface area contributed by atoms with E-state index >= 15 is 0 Å². The summed E-state index contributed by atoms with van der Waals surface area (Å²) in [5.41, 5.74) is 1.50. The zero-order valence-corrected chi connectivity index (χ0v) is 15.7. The van der Waals surface area contributed by atoms with Gasteiger partial charge < -0.3 is 5.32 Å². The summed E-state index contributed by atoms with van der Waals surface area (Å²) in [6.07, 6.45) is 2.85. The van der Waals surface area contributed by atoms with Gasteiger partial charge in [-0.1, -0.05) is 47.5 Å². The molecule has 3 rings (SSSR count). The lowest BCUT2D eigenvalue weighted by atomic mass is 10.1. The molecule has 2 aromatic carbocycles. The van der Waals surface area contributed by atoms with Crippen molar-refractivity contribution in [1.29, 1.82) is 0 Å². The van der Waals surface area contributed by atoms with E-state index in [1.807, 2.05) is 24.3 Å². The maximum absolute atomic E-state index is 12.3. The molecular weight excluding hydrogens is 364 g/mol. The standard InChI is InChI=1S/C20H21ClN4O2/c21-16-11-9-15(10-12-16)14-22-19(26)8-2-1-5-13-25-20(27)17-6-3-4-7-18(17)23-24-25/h3-4,6-7,9-12H,1-2,5,8,13-14H2,(H,22,26). The average molecular weight is 385 g/mol. The van der Waals surface area contributed by atoms with E-state index in [4.69, 9.17) is 11.6 Å². The summed E-state index contributed by atoms with van der Waals surface area (Å²) < 4.78 is 1.39. The van der Waals surface area contributed by atoms with Crippen molar-refractivity contribution in [2.45, 2.75) is 38.8 Å². The number of unbranched alkanes of at least 4 members (excludes halogenated alkanes) is 2. The molecule has 1 amide bonds. The predicted molar refractivity (Wildman–Crippen MR) is 106 cm³/mol. The van der Waals surface area contributed by atoms with Crippen LogP contribution in [0.1, 0.15) is 31.2 Å². The molecule has 0 aliphatic heterocycles. The maximum atomic E-state index is 12.3. The molecular formula is C20H21ClN4O2. The number of rotatable bonds is 8. The van der Waals surface area contributed by atoms with Crippen LogP contribution in [0.5, 0.6) is 0 Å². The zero-order valence-electron chi connectivity index (χ0n) is 14.9. The van der Waals surface area contributed by atoms with Crippen LogP contribution < -0.4 is 10.9 Å². The Kier molecular flexibility index (Phi) is 6.54. The summed E-state index contributed by atoms with van der Waals surface area (Å²) in [7, 11) is 0. The van der Waals surface area contributed by atoms with Gasteiger partial charge in [0, 0.05) is 24.5 Å². The minimum Gasteiger partial charge on any atom is -0.352 e. The van der Waals surface area contributed by atoms with Crippen LogP contribution in [0, 0.1) is 0 Å². The number of halogens is 1. The van der Waals surface area contributed by atoms with Crippen molar-refractivity contribution in [3.8, 4) is 0 Å². The zero-order chi connectivity index (χ0) is 19.1. The number of nitrogens with one attached hydrogen (secondary N) is 1. The van der Waals surface area contributed by atoms with Crippen LogP contribution in [0.25, 0.3) is 10.9 Å². The van der Waals surface area contributed by atoms with Crippen molar-refractivity contribution in [2.24, 2.45) is 0 Å². The number of benzene rings is 2. The second kappa shape index (κ2) is 9.28. The third-order valence-electron chi connectivity index (χ3n) is 4.31. The summed E-state index contributed by atoms with van der Waals surface area (Å²) >= 11 is 5.84. The predicted octanol–water partition coefficient (Wildman–Crippen LogP) is 3.32. The number of fused-ring (bicyclic) bond motifs is 1. The second-order valence-corrected chi connectivity index (χ2v) is 6.79. The highest BCUT2D eigenvalue weighted by molar-refractivity contribution is 6.30. The summed E-state index contributed by atoms with van der Waals surface area (Å²) in [5.74, 6) is 0.0209. The van der Waals surface area contributed by atoms with E-state index < -0.39 is 0 Å². The first-order valence-corrected chi connectivity index (χ1v) is 9.35. The molecule has 140 valence electrons. The van der Waals surface area contributed by atoms with Gasteiger partial charge >= 0.3 is 0 Å². The van der Waals surface area contributed by atoms with Gasteiger partial charge in [-0.3, -0.25) is 9.59 Å². The highest BCUT2D eigenvalue weighted by Crippen LogP contribution is 2.09. The molecule has 0 aliphatic rings. The van der Waals surface area contributed by atoms with Gasteiger partial charge in [-0.2, -0.15) is 0 Å². The fourth-order valence-corrected chi connectivity index (χ4v) is 2.91. The van der Waals surface area contributed by atoms with Gasteiger partial charge in [0.1, 0.15) is 5.52 Å².